The van der Waals surface area contributed by atoms with Crippen molar-refractivity contribution in [1.29, 1.82) is 0 Å². The van der Waals surface area contributed by atoms with Gasteiger partial charge in [0.25, 0.3) is 0 Å². The number of nitrogens with one attached hydrogen (secondary N) is 2. The van der Waals surface area contributed by atoms with Gasteiger partial charge in [0, 0.05) is 32.7 Å². The van der Waals surface area contributed by atoms with Gasteiger partial charge in [-0.15, -0.1) is 0 Å². The van der Waals surface area contributed by atoms with Crippen LogP contribution in [0.25, 0.3) is 0 Å². The summed E-state index contributed by atoms with van der Waals surface area (Å²) in [5.74, 6) is 2.54. The molecule has 1 heterocycles. The van der Waals surface area contributed by atoms with Gasteiger partial charge in [-0.25, -0.2) is 13.1 Å². The van der Waals surface area contributed by atoms with Crippen LogP contribution >= 0.6 is 0 Å². The Bertz CT molecular complexity index is 461. The van der Waals surface area contributed by atoms with Crippen LogP contribution in [0.2, 0.25) is 0 Å². The first-order valence-corrected chi connectivity index (χ1v) is 10.8. The zero-order valence-corrected chi connectivity index (χ0v) is 16.0. The quantitative estimate of drug-likeness (QED) is 0.378. The largest absolute Gasteiger partial charge is 0.357 e. The molecule has 1 atom stereocenters. The monoisotopic (exact) mass is 346 g/mol. The van der Waals surface area contributed by atoms with E-state index < -0.39 is 10.0 Å². The van der Waals surface area contributed by atoms with Gasteiger partial charge in [-0.1, -0.05) is 26.7 Å². The molecule has 1 rings (SSSR count). The standard InChI is InChI=1S/C16H34N4O2S/c1-5-14(6-2)15-9-12-20(13-15)16(17-7-3)18-10-8-11-19-23(4,21)22/h14-15,19H,5-13H2,1-4H3,(H,17,18). The van der Waals surface area contributed by atoms with Crippen molar-refractivity contribution in [3.8, 4) is 0 Å². The number of hydrogen-bond acceptors (Lipinski definition) is 3. The van der Waals surface area contributed by atoms with Crippen LogP contribution in [0.4, 0.5) is 0 Å². The van der Waals surface area contributed by atoms with E-state index in [1.807, 2.05) is 0 Å². The molecule has 7 heteroatoms. The zero-order chi connectivity index (χ0) is 17.3. The van der Waals surface area contributed by atoms with Crippen LogP contribution in [0.3, 0.4) is 0 Å². The predicted molar refractivity (Wildman–Crippen MR) is 97.2 cm³/mol. The Morgan fingerprint density at radius 2 is 2.00 bits per heavy atom. The number of nitrogens with zero attached hydrogens (tertiary/aromatic N) is 2. The van der Waals surface area contributed by atoms with Gasteiger partial charge in [-0.05, 0) is 31.6 Å². The first kappa shape index (κ1) is 20.2. The molecule has 1 aliphatic heterocycles. The van der Waals surface area contributed by atoms with Crippen LogP contribution in [-0.2, 0) is 10.0 Å². The fourth-order valence-corrected chi connectivity index (χ4v) is 3.78. The predicted octanol–water partition coefficient (Wildman–Crippen LogP) is 1.65. The highest BCUT2D eigenvalue weighted by Crippen LogP contribution is 2.28. The number of guanidine groups is 1. The van der Waals surface area contributed by atoms with Gasteiger partial charge in [0.1, 0.15) is 0 Å². The van der Waals surface area contributed by atoms with Crippen LogP contribution in [0.5, 0.6) is 0 Å². The maximum Gasteiger partial charge on any atom is 0.208 e. The SMILES string of the molecule is CCNC(=NCCCNS(C)(=O)=O)N1CCC(C(CC)CC)C1. The average molecular weight is 347 g/mol. The molecule has 0 amide bonds. The Labute approximate surface area is 142 Å². The molecule has 6 nitrogen and oxygen atoms in total. The van der Waals surface area contributed by atoms with E-state index in [-0.39, 0.29) is 0 Å². The van der Waals surface area contributed by atoms with Crippen molar-refractivity contribution >= 4 is 16.0 Å². The summed E-state index contributed by atoms with van der Waals surface area (Å²) >= 11 is 0. The third-order valence-electron chi connectivity index (χ3n) is 4.54. The Morgan fingerprint density at radius 3 is 2.57 bits per heavy atom. The van der Waals surface area contributed by atoms with Gasteiger partial charge in [-0.3, -0.25) is 4.99 Å². The summed E-state index contributed by atoms with van der Waals surface area (Å²) in [7, 11) is -3.10. The fraction of sp³-hybridized carbons (Fsp3) is 0.938. The van der Waals surface area contributed by atoms with Crippen LogP contribution in [0, 0.1) is 11.8 Å². The third kappa shape index (κ3) is 7.52. The lowest BCUT2D eigenvalue weighted by atomic mass is 9.87. The molecule has 2 N–H and O–H groups in total. The first-order valence-electron chi connectivity index (χ1n) is 8.89. The highest BCUT2D eigenvalue weighted by molar-refractivity contribution is 7.88. The Morgan fingerprint density at radius 1 is 1.30 bits per heavy atom. The van der Waals surface area contributed by atoms with E-state index in [9.17, 15) is 8.42 Å². The number of rotatable bonds is 9. The van der Waals surface area contributed by atoms with E-state index in [1.165, 1.54) is 25.5 Å². The fourth-order valence-electron chi connectivity index (χ4n) is 3.27. The molecular formula is C16H34N4O2S. The summed E-state index contributed by atoms with van der Waals surface area (Å²) in [4.78, 5) is 7.01. The van der Waals surface area contributed by atoms with E-state index in [1.54, 1.807) is 0 Å². The minimum absolute atomic E-state index is 0.443. The molecule has 1 aliphatic rings. The molecule has 0 aromatic carbocycles. The lowest BCUT2D eigenvalue weighted by Crippen LogP contribution is -2.40. The minimum atomic E-state index is -3.10. The van der Waals surface area contributed by atoms with Crippen molar-refractivity contribution in [1.82, 2.24) is 14.9 Å². The van der Waals surface area contributed by atoms with Gasteiger partial charge in [0.2, 0.25) is 10.0 Å². The summed E-state index contributed by atoms with van der Waals surface area (Å²) in [6, 6.07) is 0. The summed E-state index contributed by atoms with van der Waals surface area (Å²) in [5, 5.41) is 3.36. The van der Waals surface area contributed by atoms with Gasteiger partial charge < -0.3 is 10.2 Å². The number of likely N-dealkylation sites (tertiary alicyclic amines) is 1. The molecule has 0 radical (unpaired) electrons. The summed E-state index contributed by atoms with van der Waals surface area (Å²) in [6.07, 6.45) is 5.64. The van der Waals surface area contributed by atoms with Crippen molar-refractivity contribution in [3.05, 3.63) is 0 Å². The number of aliphatic imine (C=N–C) groups is 1. The lowest BCUT2D eigenvalue weighted by Gasteiger charge is -2.24. The van der Waals surface area contributed by atoms with Gasteiger partial charge >= 0.3 is 0 Å². The summed E-state index contributed by atoms with van der Waals surface area (Å²) in [5.41, 5.74) is 0. The van der Waals surface area contributed by atoms with Crippen LogP contribution in [-0.4, -0.2) is 58.3 Å². The highest BCUT2D eigenvalue weighted by atomic mass is 32.2. The lowest BCUT2D eigenvalue weighted by molar-refractivity contribution is 0.319. The zero-order valence-electron chi connectivity index (χ0n) is 15.1. The van der Waals surface area contributed by atoms with E-state index in [0.717, 1.165) is 37.4 Å². The van der Waals surface area contributed by atoms with Crippen molar-refractivity contribution in [3.63, 3.8) is 0 Å². The van der Waals surface area contributed by atoms with Crippen molar-refractivity contribution in [2.45, 2.75) is 46.5 Å². The average Bonchev–Trinajstić information content (AvgIpc) is 2.95. The highest BCUT2D eigenvalue weighted by Gasteiger charge is 2.29. The summed E-state index contributed by atoms with van der Waals surface area (Å²) in [6.45, 7) is 10.7. The second kappa shape index (κ2) is 10.1. The van der Waals surface area contributed by atoms with Crippen LogP contribution in [0.15, 0.2) is 4.99 Å². The third-order valence-corrected chi connectivity index (χ3v) is 5.26. The smallest absolute Gasteiger partial charge is 0.208 e. The Hall–Kier alpha value is -0.820. The molecule has 0 aromatic rings. The molecule has 0 aromatic heterocycles. The molecule has 1 saturated heterocycles. The van der Waals surface area contributed by atoms with Crippen LogP contribution < -0.4 is 10.0 Å². The summed E-state index contributed by atoms with van der Waals surface area (Å²) < 4.78 is 24.6. The molecule has 136 valence electrons. The van der Waals surface area contributed by atoms with Crippen molar-refractivity contribution in [2.24, 2.45) is 16.8 Å². The van der Waals surface area contributed by atoms with Gasteiger partial charge in [0.15, 0.2) is 5.96 Å². The number of hydrogen-bond donors (Lipinski definition) is 2. The molecule has 0 saturated carbocycles. The molecule has 0 aliphatic carbocycles. The van der Waals surface area contributed by atoms with E-state index >= 15 is 0 Å². The molecule has 1 fully saturated rings. The normalized spacial score (nSPS) is 19.6. The maximum absolute atomic E-state index is 11.0. The molecule has 23 heavy (non-hydrogen) atoms. The van der Waals surface area contributed by atoms with Crippen molar-refractivity contribution < 1.29 is 8.42 Å². The van der Waals surface area contributed by atoms with Gasteiger partial charge in [0.05, 0.1) is 6.26 Å². The number of sulfonamides is 1. The van der Waals surface area contributed by atoms with Crippen molar-refractivity contribution in [2.75, 3.05) is 39.0 Å². The molecular weight excluding hydrogens is 312 g/mol. The maximum atomic E-state index is 11.0. The molecule has 0 spiro atoms. The van der Waals surface area contributed by atoms with Crippen LogP contribution in [0.1, 0.15) is 46.5 Å². The second-order valence-corrected chi connectivity index (χ2v) is 8.16. The Balaban J connectivity index is 2.49. The second-order valence-electron chi connectivity index (χ2n) is 6.33. The Kier molecular flexibility index (Phi) is 8.91. The van der Waals surface area contributed by atoms with E-state index in [0.29, 0.717) is 19.5 Å². The first-order chi connectivity index (χ1) is 10.9. The van der Waals surface area contributed by atoms with Gasteiger partial charge in [-0.2, -0.15) is 0 Å². The minimum Gasteiger partial charge on any atom is -0.357 e. The topological polar surface area (TPSA) is 73.8 Å². The molecule has 1 unspecified atom stereocenters. The van der Waals surface area contributed by atoms with E-state index in [4.69, 9.17) is 0 Å². The van der Waals surface area contributed by atoms with E-state index in [2.05, 4.69) is 40.7 Å². The molecule has 0 bridgehead atoms.